The first kappa shape index (κ1) is 18.6. The van der Waals surface area contributed by atoms with Gasteiger partial charge in [0.05, 0.1) is 17.3 Å². The van der Waals surface area contributed by atoms with Crippen molar-refractivity contribution in [3.05, 3.63) is 30.3 Å². The van der Waals surface area contributed by atoms with Gasteiger partial charge in [-0.2, -0.15) is 0 Å². The Bertz CT molecular complexity index is 918. The first-order valence-electron chi connectivity index (χ1n) is 7.98. The third-order valence-electron chi connectivity index (χ3n) is 3.88. The van der Waals surface area contributed by atoms with E-state index in [1.54, 1.807) is 19.1 Å². The second-order valence-corrected chi connectivity index (χ2v) is 9.17. The van der Waals surface area contributed by atoms with E-state index >= 15 is 0 Å². The number of aryl methyl sites for hydroxylation is 1. The summed E-state index contributed by atoms with van der Waals surface area (Å²) in [6.45, 7) is 5.91. The molecule has 1 atom stereocenters. The minimum absolute atomic E-state index is 0.0823. The summed E-state index contributed by atoms with van der Waals surface area (Å²) in [6, 6.07) is 1.63. The Morgan fingerprint density at radius 1 is 1.54 bits per heavy atom. The molecule has 1 aliphatic heterocycles. The van der Waals surface area contributed by atoms with Crippen LogP contribution in [0, 0.1) is 6.92 Å². The fourth-order valence-corrected chi connectivity index (χ4v) is 5.24. The van der Waals surface area contributed by atoms with E-state index in [1.807, 2.05) is 4.57 Å². The number of hydrogen-bond donors (Lipinski definition) is 1. The molecule has 0 bridgehead atoms. The van der Waals surface area contributed by atoms with E-state index < -0.39 is 9.84 Å². The van der Waals surface area contributed by atoms with Gasteiger partial charge in [0, 0.05) is 18.5 Å². The summed E-state index contributed by atoms with van der Waals surface area (Å²) < 4.78 is 30.2. The molecule has 1 fully saturated rings. The number of allylic oxidation sites excluding steroid dienone is 1. The summed E-state index contributed by atoms with van der Waals surface area (Å²) in [5.74, 6) is 1.53. The van der Waals surface area contributed by atoms with E-state index in [2.05, 4.69) is 27.2 Å². The minimum Gasteiger partial charge on any atom is -0.360 e. The average Bonchev–Trinajstić information content (AvgIpc) is 3.25. The van der Waals surface area contributed by atoms with Crippen LogP contribution in [0.15, 0.2) is 28.4 Å². The molecule has 26 heavy (non-hydrogen) atoms. The number of amides is 1. The molecule has 1 amide bonds. The van der Waals surface area contributed by atoms with E-state index in [0.717, 1.165) is 0 Å². The standard InChI is InChI=1S/C15H19N5O4S2/c1-3-5-20-14(11-4-6-26(22,23)9-11)17-18-15(20)25-8-13(21)16-12-7-10(2)24-19-12/h3,7,11H,1,4-6,8-9H2,2H3,(H,16,19,21)/t11-/m0/s1. The average molecular weight is 397 g/mol. The number of nitrogens with zero attached hydrogens (tertiary/aromatic N) is 4. The number of anilines is 1. The molecular weight excluding hydrogens is 378 g/mol. The number of nitrogens with one attached hydrogen (secondary N) is 1. The van der Waals surface area contributed by atoms with Gasteiger partial charge in [-0.1, -0.05) is 23.0 Å². The van der Waals surface area contributed by atoms with Gasteiger partial charge in [0.2, 0.25) is 5.91 Å². The Hall–Kier alpha value is -2.14. The Morgan fingerprint density at radius 2 is 2.35 bits per heavy atom. The Kier molecular flexibility index (Phi) is 5.47. The first-order valence-corrected chi connectivity index (χ1v) is 10.8. The monoisotopic (exact) mass is 397 g/mol. The van der Waals surface area contributed by atoms with Crippen LogP contribution in [0.5, 0.6) is 0 Å². The first-order chi connectivity index (χ1) is 12.4. The van der Waals surface area contributed by atoms with E-state index in [4.69, 9.17) is 4.52 Å². The van der Waals surface area contributed by atoms with E-state index in [1.165, 1.54) is 11.8 Å². The lowest BCUT2D eigenvalue weighted by molar-refractivity contribution is -0.113. The molecule has 0 aliphatic carbocycles. The molecule has 3 heterocycles. The highest BCUT2D eigenvalue weighted by Gasteiger charge is 2.33. The number of thioether (sulfide) groups is 1. The molecule has 2 aromatic rings. The lowest BCUT2D eigenvalue weighted by atomic mass is 10.1. The van der Waals surface area contributed by atoms with Crippen LogP contribution < -0.4 is 5.32 Å². The van der Waals surface area contributed by atoms with Gasteiger partial charge in [-0.25, -0.2) is 8.42 Å². The highest BCUT2D eigenvalue weighted by atomic mass is 32.2. The number of carbonyl (C=O) groups excluding carboxylic acids is 1. The lowest BCUT2D eigenvalue weighted by Crippen LogP contribution is -2.15. The van der Waals surface area contributed by atoms with Gasteiger partial charge in [0.1, 0.15) is 11.6 Å². The van der Waals surface area contributed by atoms with Crippen LogP contribution in [0.4, 0.5) is 5.82 Å². The molecule has 0 radical (unpaired) electrons. The van der Waals surface area contributed by atoms with Gasteiger partial charge < -0.3 is 14.4 Å². The summed E-state index contributed by atoms with van der Waals surface area (Å²) in [7, 11) is -3.02. The molecule has 2 aromatic heterocycles. The number of hydrogen-bond acceptors (Lipinski definition) is 8. The van der Waals surface area contributed by atoms with Crippen LogP contribution in [-0.2, 0) is 21.2 Å². The van der Waals surface area contributed by atoms with Crippen molar-refractivity contribution in [2.24, 2.45) is 0 Å². The number of sulfone groups is 1. The molecule has 9 nitrogen and oxygen atoms in total. The van der Waals surface area contributed by atoms with Crippen molar-refractivity contribution in [1.82, 2.24) is 19.9 Å². The Balaban J connectivity index is 1.67. The van der Waals surface area contributed by atoms with Crippen molar-refractivity contribution in [3.8, 4) is 0 Å². The molecule has 1 aliphatic rings. The van der Waals surface area contributed by atoms with Crippen LogP contribution in [-0.4, -0.2) is 51.5 Å². The van der Waals surface area contributed by atoms with E-state index in [0.29, 0.717) is 35.5 Å². The van der Waals surface area contributed by atoms with Crippen molar-refractivity contribution >= 4 is 33.3 Å². The third-order valence-corrected chi connectivity index (χ3v) is 6.62. The Morgan fingerprint density at radius 3 is 2.96 bits per heavy atom. The van der Waals surface area contributed by atoms with Crippen molar-refractivity contribution in [3.63, 3.8) is 0 Å². The molecule has 1 N–H and O–H groups in total. The van der Waals surface area contributed by atoms with Crippen LogP contribution in [0.3, 0.4) is 0 Å². The van der Waals surface area contributed by atoms with Crippen molar-refractivity contribution < 1.29 is 17.7 Å². The van der Waals surface area contributed by atoms with Gasteiger partial charge in [-0.05, 0) is 13.3 Å². The third kappa shape index (κ3) is 4.33. The van der Waals surface area contributed by atoms with Crippen molar-refractivity contribution in [1.29, 1.82) is 0 Å². The van der Waals surface area contributed by atoms with E-state index in [9.17, 15) is 13.2 Å². The van der Waals surface area contributed by atoms with Gasteiger partial charge in [0.25, 0.3) is 0 Å². The molecule has 1 saturated heterocycles. The SMILES string of the molecule is C=CCn1c(SCC(=O)Nc2cc(C)on2)nnc1[C@H]1CCS(=O)(=O)C1. The highest BCUT2D eigenvalue weighted by Crippen LogP contribution is 2.30. The van der Waals surface area contributed by atoms with Crippen LogP contribution in [0.1, 0.15) is 23.9 Å². The van der Waals surface area contributed by atoms with Crippen LogP contribution >= 0.6 is 11.8 Å². The summed E-state index contributed by atoms with van der Waals surface area (Å²) in [4.78, 5) is 12.0. The molecule has 0 unspecified atom stereocenters. The van der Waals surface area contributed by atoms with Gasteiger partial charge in [-0.15, -0.1) is 16.8 Å². The van der Waals surface area contributed by atoms with E-state index in [-0.39, 0.29) is 29.1 Å². The second kappa shape index (κ2) is 7.62. The normalized spacial score (nSPS) is 18.7. The maximum Gasteiger partial charge on any atom is 0.236 e. The quantitative estimate of drug-likeness (QED) is 0.550. The minimum atomic E-state index is -3.02. The van der Waals surface area contributed by atoms with Crippen LogP contribution in [0.25, 0.3) is 0 Å². The molecule has 140 valence electrons. The number of carbonyl (C=O) groups is 1. The predicted octanol–water partition coefficient (Wildman–Crippen LogP) is 1.39. The molecule has 0 aromatic carbocycles. The topological polar surface area (TPSA) is 120 Å². The number of rotatable bonds is 7. The lowest BCUT2D eigenvalue weighted by Gasteiger charge is -2.11. The molecule has 3 rings (SSSR count). The summed E-state index contributed by atoms with van der Waals surface area (Å²) >= 11 is 1.22. The smallest absolute Gasteiger partial charge is 0.236 e. The van der Waals surface area contributed by atoms with Gasteiger partial charge >= 0.3 is 0 Å². The predicted molar refractivity (Wildman–Crippen MR) is 96.8 cm³/mol. The zero-order valence-electron chi connectivity index (χ0n) is 14.2. The van der Waals surface area contributed by atoms with Gasteiger partial charge in [-0.3, -0.25) is 4.79 Å². The summed E-state index contributed by atoms with van der Waals surface area (Å²) in [5.41, 5.74) is 0. The molecule has 0 saturated carbocycles. The van der Waals surface area contributed by atoms with Crippen LogP contribution in [0.2, 0.25) is 0 Å². The zero-order valence-corrected chi connectivity index (χ0v) is 15.8. The second-order valence-electron chi connectivity index (χ2n) is 6.00. The number of aromatic nitrogens is 4. The highest BCUT2D eigenvalue weighted by molar-refractivity contribution is 7.99. The zero-order chi connectivity index (χ0) is 18.7. The molecule has 11 heteroatoms. The summed E-state index contributed by atoms with van der Waals surface area (Å²) in [5, 5.41) is 15.2. The largest absolute Gasteiger partial charge is 0.360 e. The maximum atomic E-state index is 12.0. The van der Waals surface area contributed by atoms with Crippen molar-refractivity contribution in [2.75, 3.05) is 22.6 Å². The van der Waals surface area contributed by atoms with Gasteiger partial charge in [0.15, 0.2) is 20.8 Å². The fourth-order valence-electron chi connectivity index (χ4n) is 2.74. The summed E-state index contributed by atoms with van der Waals surface area (Å²) in [6.07, 6.45) is 2.23. The van der Waals surface area contributed by atoms with Crippen molar-refractivity contribution in [2.45, 2.75) is 31.0 Å². The Labute approximate surface area is 155 Å². The fraction of sp³-hybridized carbons (Fsp3) is 0.467. The molecule has 0 spiro atoms. The molecular formula is C15H19N5O4S2. The maximum absolute atomic E-state index is 12.0.